The van der Waals surface area contributed by atoms with E-state index in [1.54, 1.807) is 0 Å². The molecule has 6 nitrogen and oxygen atoms in total. The van der Waals surface area contributed by atoms with Crippen LogP contribution in [0.15, 0.2) is 122 Å². The van der Waals surface area contributed by atoms with Crippen molar-refractivity contribution in [2.24, 2.45) is 0 Å². The van der Waals surface area contributed by atoms with Crippen LogP contribution in [0.1, 0.15) is 26.3 Å². The summed E-state index contributed by atoms with van der Waals surface area (Å²) in [5, 5.41) is 4.07. The van der Waals surface area contributed by atoms with Crippen molar-refractivity contribution in [2.45, 2.75) is 26.2 Å². The number of fused-ring (bicyclic) bond motifs is 9. The molecule has 0 unspecified atom stereocenters. The molecule has 0 N–H and O–H groups in total. The fraction of sp³-hybridized carbons (Fsp3) is 0.0976. The van der Waals surface area contributed by atoms with Crippen LogP contribution < -0.4 is 4.74 Å². The van der Waals surface area contributed by atoms with Crippen molar-refractivity contribution in [2.75, 3.05) is 0 Å². The van der Waals surface area contributed by atoms with Crippen molar-refractivity contribution in [3.8, 4) is 28.4 Å². The zero-order chi connectivity index (χ0) is 31.7. The SMILES string of the molecule is CC(C)(C)c1ccc2c3cccnc3n(-c3[c-]c(Oc4[c-]c5c(cc4)c4ncccc4n4cc(-c6ccccc6)nc54)ccc3)c2c1.[Pt+2]. The van der Waals surface area contributed by atoms with Gasteiger partial charge in [0.25, 0.3) is 0 Å². The van der Waals surface area contributed by atoms with Gasteiger partial charge in [-0.25, -0.2) is 4.98 Å². The van der Waals surface area contributed by atoms with Crippen LogP contribution in [-0.2, 0) is 26.5 Å². The second kappa shape index (κ2) is 11.4. The van der Waals surface area contributed by atoms with Gasteiger partial charge < -0.3 is 13.7 Å². The molecule has 9 aromatic rings. The predicted octanol–water partition coefficient (Wildman–Crippen LogP) is 9.88. The van der Waals surface area contributed by atoms with Crippen molar-refractivity contribution in [3.05, 3.63) is 139 Å². The Morgan fingerprint density at radius 1 is 0.667 bits per heavy atom. The van der Waals surface area contributed by atoms with E-state index < -0.39 is 0 Å². The van der Waals surface area contributed by atoms with E-state index in [1.165, 1.54) is 5.56 Å². The molecule has 0 atom stereocenters. The van der Waals surface area contributed by atoms with Crippen molar-refractivity contribution >= 4 is 49.4 Å². The standard InChI is InChI=1S/C41H29N5O.Pt/c1-41(2,3)27-16-18-31-33-14-8-21-43-39(33)46(37(31)22-27)28-12-7-13-29(23-28)47-30-17-19-32-34(24-30)40-44-35(26-10-5-4-6-11-26)25-45(40)36-15-9-20-42-38(32)36;/h4-22,25H,1-3H3;/q-2;+2. The van der Waals surface area contributed by atoms with E-state index in [9.17, 15) is 0 Å². The zero-order valence-electron chi connectivity index (χ0n) is 26.5. The second-order valence-electron chi connectivity index (χ2n) is 12.9. The van der Waals surface area contributed by atoms with E-state index in [0.29, 0.717) is 11.5 Å². The summed E-state index contributed by atoms with van der Waals surface area (Å²) >= 11 is 0. The number of nitrogens with zero attached hydrogens (tertiary/aromatic N) is 5. The molecule has 0 amide bonds. The third kappa shape index (κ3) is 4.87. The van der Waals surface area contributed by atoms with E-state index in [1.807, 2.05) is 73.1 Å². The molecule has 0 bridgehead atoms. The van der Waals surface area contributed by atoms with Crippen LogP contribution in [0.4, 0.5) is 0 Å². The Bertz CT molecular complexity index is 2650. The van der Waals surface area contributed by atoms with Crippen LogP contribution >= 0.6 is 0 Å². The van der Waals surface area contributed by atoms with Crippen molar-refractivity contribution in [1.82, 2.24) is 23.9 Å². The Morgan fingerprint density at radius 3 is 2.31 bits per heavy atom. The fourth-order valence-corrected chi connectivity index (χ4v) is 6.49. The third-order valence-electron chi connectivity index (χ3n) is 8.83. The molecule has 0 aliphatic carbocycles. The van der Waals surface area contributed by atoms with E-state index in [2.05, 4.69) is 90.5 Å². The normalized spacial score (nSPS) is 11.9. The van der Waals surface area contributed by atoms with Crippen LogP contribution in [0.3, 0.4) is 0 Å². The Kier molecular flexibility index (Phi) is 7.15. The molecule has 0 fully saturated rings. The predicted molar refractivity (Wildman–Crippen MR) is 188 cm³/mol. The summed E-state index contributed by atoms with van der Waals surface area (Å²) in [6.45, 7) is 6.70. The van der Waals surface area contributed by atoms with Gasteiger partial charge in [-0.15, -0.1) is 24.3 Å². The topological polar surface area (TPSA) is 57.2 Å². The Hall–Kier alpha value is -5.32. The van der Waals surface area contributed by atoms with Gasteiger partial charge in [0.15, 0.2) is 0 Å². The molecule has 48 heavy (non-hydrogen) atoms. The quantitative estimate of drug-likeness (QED) is 0.131. The molecule has 0 aliphatic heterocycles. The summed E-state index contributed by atoms with van der Waals surface area (Å²) < 4.78 is 10.8. The van der Waals surface area contributed by atoms with Gasteiger partial charge in [0.05, 0.1) is 27.9 Å². The van der Waals surface area contributed by atoms with Crippen LogP contribution in [-0.4, -0.2) is 23.9 Å². The number of benzene rings is 4. The average molecular weight is 803 g/mol. The number of aromatic nitrogens is 5. The number of hydrogen-bond donors (Lipinski definition) is 0. The van der Waals surface area contributed by atoms with Crippen molar-refractivity contribution in [3.63, 3.8) is 0 Å². The first-order chi connectivity index (χ1) is 22.9. The number of ether oxygens (including phenoxy) is 1. The van der Waals surface area contributed by atoms with Gasteiger partial charge in [-0.1, -0.05) is 91.8 Å². The molecule has 234 valence electrons. The van der Waals surface area contributed by atoms with Crippen molar-refractivity contribution < 1.29 is 25.8 Å². The van der Waals surface area contributed by atoms with Gasteiger partial charge in [0, 0.05) is 46.4 Å². The van der Waals surface area contributed by atoms with Crippen LogP contribution in [0.25, 0.3) is 66.3 Å². The summed E-state index contributed by atoms with van der Waals surface area (Å²) in [6, 6.07) is 42.0. The molecule has 0 saturated heterocycles. The Morgan fingerprint density at radius 2 is 1.46 bits per heavy atom. The van der Waals surface area contributed by atoms with Gasteiger partial charge >= 0.3 is 21.1 Å². The van der Waals surface area contributed by atoms with Crippen LogP contribution in [0.2, 0.25) is 0 Å². The van der Waals surface area contributed by atoms with E-state index >= 15 is 0 Å². The molecule has 0 saturated carbocycles. The minimum Gasteiger partial charge on any atom is -0.503 e. The smallest absolute Gasteiger partial charge is 0.503 e. The monoisotopic (exact) mass is 802 g/mol. The fourth-order valence-electron chi connectivity index (χ4n) is 6.49. The minimum atomic E-state index is 0. The summed E-state index contributed by atoms with van der Waals surface area (Å²) in [4.78, 5) is 14.6. The van der Waals surface area contributed by atoms with E-state index in [0.717, 1.165) is 66.3 Å². The molecular formula is C41H29N5OPt. The molecule has 0 aliphatic rings. The van der Waals surface area contributed by atoms with Gasteiger partial charge in [0.1, 0.15) is 5.65 Å². The van der Waals surface area contributed by atoms with Gasteiger partial charge in [0.2, 0.25) is 0 Å². The molecule has 9 rings (SSSR count). The molecule has 0 spiro atoms. The first-order valence-corrected chi connectivity index (χ1v) is 15.7. The van der Waals surface area contributed by atoms with E-state index in [-0.39, 0.29) is 26.5 Å². The maximum absolute atomic E-state index is 6.48. The Balaban J connectivity index is 0.00000336. The molecule has 4 aromatic carbocycles. The van der Waals surface area contributed by atoms with Gasteiger partial charge in [-0.3, -0.25) is 9.97 Å². The van der Waals surface area contributed by atoms with E-state index in [4.69, 9.17) is 19.7 Å². The average Bonchev–Trinajstić information content (AvgIpc) is 3.69. The molecule has 7 heteroatoms. The second-order valence-corrected chi connectivity index (χ2v) is 12.9. The molecule has 5 aromatic heterocycles. The molecule has 5 heterocycles. The number of imidazole rings is 1. The number of pyridine rings is 3. The van der Waals surface area contributed by atoms with Crippen LogP contribution in [0.5, 0.6) is 11.5 Å². The largest absolute Gasteiger partial charge is 2.00 e. The van der Waals surface area contributed by atoms with Gasteiger partial charge in [-0.05, 0) is 41.3 Å². The maximum atomic E-state index is 6.48. The zero-order valence-corrected chi connectivity index (χ0v) is 28.8. The van der Waals surface area contributed by atoms with Crippen LogP contribution in [0, 0.1) is 12.1 Å². The summed E-state index contributed by atoms with van der Waals surface area (Å²) in [6.07, 6.45) is 5.73. The number of hydrogen-bond acceptors (Lipinski definition) is 4. The minimum absolute atomic E-state index is 0. The number of rotatable bonds is 4. The third-order valence-corrected chi connectivity index (χ3v) is 8.83. The Labute approximate surface area is 291 Å². The molecule has 0 radical (unpaired) electrons. The first kappa shape index (κ1) is 30.0. The van der Waals surface area contributed by atoms with Gasteiger partial charge in [-0.2, -0.15) is 6.07 Å². The maximum Gasteiger partial charge on any atom is 2.00 e. The summed E-state index contributed by atoms with van der Waals surface area (Å²) in [7, 11) is 0. The first-order valence-electron chi connectivity index (χ1n) is 15.7. The summed E-state index contributed by atoms with van der Waals surface area (Å²) in [5.74, 6) is 1.15. The van der Waals surface area contributed by atoms with Crippen molar-refractivity contribution in [1.29, 1.82) is 0 Å². The summed E-state index contributed by atoms with van der Waals surface area (Å²) in [5.41, 5.74) is 8.70. The molecular weight excluding hydrogens is 774 g/mol.